The van der Waals surface area contributed by atoms with Crippen molar-refractivity contribution in [3.8, 4) is 11.4 Å². The molecule has 4 rings (SSSR count). The summed E-state index contributed by atoms with van der Waals surface area (Å²) in [6.07, 6.45) is 3.42. The fraction of sp³-hybridized carbons (Fsp3) is 0.300. The van der Waals surface area contributed by atoms with Crippen LogP contribution in [0.5, 0.6) is 0 Å². The first-order valence-corrected chi connectivity index (χ1v) is 8.77. The molecule has 1 atom stereocenters. The van der Waals surface area contributed by atoms with E-state index in [1.54, 1.807) is 0 Å². The Labute approximate surface area is 147 Å². The van der Waals surface area contributed by atoms with Crippen LogP contribution in [0.1, 0.15) is 36.8 Å². The fourth-order valence-corrected chi connectivity index (χ4v) is 3.46. The first kappa shape index (κ1) is 15.8. The molecule has 0 bridgehead atoms. The van der Waals surface area contributed by atoms with E-state index in [9.17, 15) is 0 Å². The Morgan fingerprint density at radius 2 is 1.96 bits per heavy atom. The second kappa shape index (κ2) is 7.07. The predicted molar refractivity (Wildman–Crippen MR) is 97.6 cm³/mol. The smallest absolute Gasteiger partial charge is 0.244 e. The summed E-state index contributed by atoms with van der Waals surface area (Å²) in [5, 5.41) is 4.18. The van der Waals surface area contributed by atoms with Gasteiger partial charge in [-0.25, -0.2) is 0 Å². The van der Waals surface area contributed by atoms with Crippen LogP contribution in [-0.4, -0.2) is 21.6 Å². The van der Waals surface area contributed by atoms with E-state index in [4.69, 9.17) is 10.3 Å². The maximum absolute atomic E-state index is 5.92. The first-order chi connectivity index (χ1) is 12.3. The largest absolute Gasteiger partial charge is 0.399 e. The molecular weight excluding hydrogens is 312 g/mol. The summed E-state index contributed by atoms with van der Waals surface area (Å²) in [4.78, 5) is 7.09. The lowest BCUT2D eigenvalue weighted by Gasteiger charge is -2.33. The molecule has 1 saturated heterocycles. The lowest BCUT2D eigenvalue weighted by molar-refractivity contribution is 0.111. The highest BCUT2D eigenvalue weighted by Gasteiger charge is 2.29. The Kier molecular flexibility index (Phi) is 4.48. The number of aromatic nitrogens is 2. The monoisotopic (exact) mass is 334 g/mol. The summed E-state index contributed by atoms with van der Waals surface area (Å²) >= 11 is 0. The highest BCUT2D eigenvalue weighted by Crippen LogP contribution is 2.32. The van der Waals surface area contributed by atoms with Crippen molar-refractivity contribution in [1.82, 2.24) is 15.0 Å². The lowest BCUT2D eigenvalue weighted by Crippen LogP contribution is -2.33. The molecule has 2 heterocycles. The van der Waals surface area contributed by atoms with Gasteiger partial charge in [0, 0.05) is 17.8 Å². The van der Waals surface area contributed by atoms with Crippen LogP contribution in [0.25, 0.3) is 11.4 Å². The van der Waals surface area contributed by atoms with Crippen LogP contribution in [0.2, 0.25) is 0 Å². The number of nitrogen functional groups attached to an aromatic ring is 1. The van der Waals surface area contributed by atoms with Gasteiger partial charge in [-0.2, -0.15) is 4.98 Å². The van der Waals surface area contributed by atoms with E-state index in [0.717, 1.165) is 30.8 Å². The summed E-state index contributed by atoms with van der Waals surface area (Å²) in [6.45, 7) is 1.88. The van der Waals surface area contributed by atoms with Crippen molar-refractivity contribution in [2.75, 3.05) is 12.3 Å². The molecule has 3 aromatic rings. The number of benzene rings is 2. The number of nitrogens with two attached hydrogens (primary N) is 1. The topological polar surface area (TPSA) is 68.2 Å². The van der Waals surface area contributed by atoms with E-state index in [1.165, 1.54) is 18.4 Å². The number of anilines is 1. The Hall–Kier alpha value is -2.66. The number of likely N-dealkylation sites (tertiary alicyclic amines) is 1. The second-order valence-corrected chi connectivity index (χ2v) is 6.55. The maximum Gasteiger partial charge on any atom is 0.244 e. The van der Waals surface area contributed by atoms with Gasteiger partial charge in [-0.3, -0.25) is 4.90 Å². The highest BCUT2D eigenvalue weighted by atomic mass is 16.5. The summed E-state index contributed by atoms with van der Waals surface area (Å²) in [5.41, 5.74) is 8.92. The maximum atomic E-state index is 5.92. The van der Waals surface area contributed by atoms with Gasteiger partial charge in [-0.1, -0.05) is 54.0 Å². The van der Waals surface area contributed by atoms with Gasteiger partial charge in [0.25, 0.3) is 0 Å². The minimum atomic E-state index is 0.167. The molecule has 1 aromatic heterocycles. The molecule has 0 radical (unpaired) electrons. The van der Waals surface area contributed by atoms with Crippen molar-refractivity contribution in [2.24, 2.45) is 0 Å². The molecule has 1 aliphatic rings. The van der Waals surface area contributed by atoms with Crippen LogP contribution in [0.3, 0.4) is 0 Å². The molecule has 2 aromatic carbocycles. The number of rotatable bonds is 4. The molecule has 1 fully saturated rings. The standard InChI is InChI=1S/C20H22N4O/c21-17-10-6-7-15(13-17)14-24-12-5-4-11-18(24)20-22-19(23-25-20)16-8-2-1-3-9-16/h1-3,6-10,13,18H,4-5,11-12,14,21H2. The van der Waals surface area contributed by atoms with E-state index in [1.807, 2.05) is 48.5 Å². The zero-order valence-electron chi connectivity index (χ0n) is 14.1. The molecule has 0 saturated carbocycles. The molecule has 25 heavy (non-hydrogen) atoms. The summed E-state index contributed by atoms with van der Waals surface area (Å²) in [5.74, 6) is 1.37. The zero-order chi connectivity index (χ0) is 17.1. The van der Waals surface area contributed by atoms with E-state index < -0.39 is 0 Å². The van der Waals surface area contributed by atoms with Crippen molar-refractivity contribution < 1.29 is 4.52 Å². The highest BCUT2D eigenvalue weighted by molar-refractivity contribution is 5.53. The van der Waals surface area contributed by atoms with Gasteiger partial charge in [0.15, 0.2) is 0 Å². The normalized spacial score (nSPS) is 18.3. The van der Waals surface area contributed by atoms with E-state index in [0.29, 0.717) is 11.7 Å². The van der Waals surface area contributed by atoms with Crippen molar-refractivity contribution >= 4 is 5.69 Å². The molecule has 1 aliphatic heterocycles. The lowest BCUT2D eigenvalue weighted by atomic mass is 10.0. The van der Waals surface area contributed by atoms with Crippen molar-refractivity contribution in [2.45, 2.75) is 31.8 Å². The predicted octanol–water partition coefficient (Wildman–Crippen LogP) is 4.05. The van der Waals surface area contributed by atoms with E-state index >= 15 is 0 Å². The SMILES string of the molecule is Nc1cccc(CN2CCCCC2c2nc(-c3ccccc3)no2)c1. The van der Waals surface area contributed by atoms with Gasteiger partial charge < -0.3 is 10.3 Å². The van der Waals surface area contributed by atoms with E-state index in [2.05, 4.69) is 21.1 Å². The average Bonchev–Trinajstić information content (AvgIpc) is 3.13. The molecule has 1 unspecified atom stereocenters. The van der Waals surface area contributed by atoms with Gasteiger partial charge in [-0.05, 0) is 37.1 Å². The third-order valence-corrected chi connectivity index (χ3v) is 4.71. The molecule has 2 N–H and O–H groups in total. The summed E-state index contributed by atoms with van der Waals surface area (Å²) in [6, 6.07) is 18.2. The Balaban J connectivity index is 1.56. The van der Waals surface area contributed by atoms with Gasteiger partial charge in [0.2, 0.25) is 11.7 Å². The van der Waals surface area contributed by atoms with Crippen molar-refractivity contribution in [3.05, 3.63) is 66.1 Å². The molecule has 5 nitrogen and oxygen atoms in total. The quantitative estimate of drug-likeness (QED) is 0.729. The average molecular weight is 334 g/mol. The van der Waals surface area contributed by atoms with Crippen LogP contribution >= 0.6 is 0 Å². The molecule has 0 aliphatic carbocycles. The van der Waals surface area contributed by atoms with Gasteiger partial charge in [0.1, 0.15) is 0 Å². The van der Waals surface area contributed by atoms with Crippen LogP contribution in [-0.2, 0) is 6.54 Å². The molecule has 0 amide bonds. The first-order valence-electron chi connectivity index (χ1n) is 8.77. The van der Waals surface area contributed by atoms with Crippen LogP contribution in [0.4, 0.5) is 5.69 Å². The van der Waals surface area contributed by atoms with Crippen LogP contribution in [0.15, 0.2) is 59.1 Å². The van der Waals surface area contributed by atoms with Crippen LogP contribution < -0.4 is 5.73 Å². The third kappa shape index (κ3) is 3.56. The fourth-order valence-electron chi connectivity index (χ4n) is 3.46. The molecule has 5 heteroatoms. The summed E-state index contributed by atoms with van der Waals surface area (Å²) in [7, 11) is 0. The van der Waals surface area contributed by atoms with Gasteiger partial charge in [0.05, 0.1) is 6.04 Å². The van der Waals surface area contributed by atoms with Gasteiger partial charge >= 0.3 is 0 Å². The number of nitrogens with zero attached hydrogens (tertiary/aromatic N) is 3. The Morgan fingerprint density at radius 3 is 2.80 bits per heavy atom. The molecular formula is C20H22N4O. The van der Waals surface area contributed by atoms with E-state index in [-0.39, 0.29) is 6.04 Å². The van der Waals surface area contributed by atoms with Gasteiger partial charge in [-0.15, -0.1) is 0 Å². The third-order valence-electron chi connectivity index (χ3n) is 4.71. The second-order valence-electron chi connectivity index (χ2n) is 6.55. The molecule has 128 valence electrons. The Bertz CT molecular complexity index is 830. The van der Waals surface area contributed by atoms with Crippen LogP contribution in [0, 0.1) is 0 Å². The summed E-state index contributed by atoms with van der Waals surface area (Å²) < 4.78 is 5.62. The number of hydrogen-bond acceptors (Lipinski definition) is 5. The zero-order valence-corrected chi connectivity index (χ0v) is 14.1. The number of piperidine rings is 1. The Morgan fingerprint density at radius 1 is 1.08 bits per heavy atom. The minimum Gasteiger partial charge on any atom is -0.399 e. The minimum absolute atomic E-state index is 0.167. The van der Waals surface area contributed by atoms with Crippen molar-refractivity contribution in [1.29, 1.82) is 0 Å². The number of hydrogen-bond donors (Lipinski definition) is 1. The molecule has 0 spiro atoms. The van der Waals surface area contributed by atoms with Crippen molar-refractivity contribution in [3.63, 3.8) is 0 Å².